The fourth-order valence-electron chi connectivity index (χ4n) is 3.42. The lowest BCUT2D eigenvalue weighted by atomic mass is 10.1. The summed E-state index contributed by atoms with van der Waals surface area (Å²) in [6, 6.07) is 8.01. The van der Waals surface area contributed by atoms with Crippen molar-refractivity contribution in [1.82, 2.24) is 9.80 Å². The van der Waals surface area contributed by atoms with Crippen molar-refractivity contribution in [2.45, 2.75) is 26.3 Å². The van der Waals surface area contributed by atoms with E-state index >= 15 is 0 Å². The number of aliphatic carboxylic acids is 1. The van der Waals surface area contributed by atoms with Gasteiger partial charge in [-0.3, -0.25) is 14.4 Å². The Balaban J connectivity index is 0.00000225. The van der Waals surface area contributed by atoms with E-state index in [1.807, 2.05) is 31.2 Å². The number of carboxylic acid groups (broad SMARTS) is 1. The number of hydrogen-bond acceptors (Lipinski definition) is 3. The highest BCUT2D eigenvalue weighted by Gasteiger charge is 2.39. The minimum absolute atomic E-state index is 0. The monoisotopic (exact) mass is 366 g/mol. The highest BCUT2D eigenvalue weighted by atomic mass is 35.5. The molecule has 7 heteroatoms. The SMILES string of the molecule is Cc1ccc(CN2CC(C(=O)N3CCC(C(=O)O)C3)CC2=O)cc1.Cl. The molecule has 0 bridgehead atoms. The fraction of sp³-hybridized carbons (Fsp3) is 0.500. The lowest BCUT2D eigenvalue weighted by Gasteiger charge is -2.21. The molecule has 1 N–H and O–H groups in total. The summed E-state index contributed by atoms with van der Waals surface area (Å²) in [5.74, 6) is -1.78. The number of amides is 2. The number of carbonyl (C=O) groups is 3. The zero-order valence-electron chi connectivity index (χ0n) is 14.2. The first-order chi connectivity index (χ1) is 11.4. The number of hydrogen-bond donors (Lipinski definition) is 1. The molecule has 136 valence electrons. The average molecular weight is 367 g/mol. The van der Waals surface area contributed by atoms with Gasteiger partial charge in [-0.05, 0) is 18.9 Å². The molecule has 2 fully saturated rings. The van der Waals surface area contributed by atoms with E-state index in [2.05, 4.69) is 0 Å². The van der Waals surface area contributed by atoms with Crippen LogP contribution in [-0.4, -0.2) is 52.3 Å². The Kier molecular flexibility index (Phi) is 6.06. The van der Waals surface area contributed by atoms with Crippen LogP contribution in [0.2, 0.25) is 0 Å². The summed E-state index contributed by atoms with van der Waals surface area (Å²) in [5, 5.41) is 9.05. The second-order valence-corrected chi connectivity index (χ2v) is 6.77. The summed E-state index contributed by atoms with van der Waals surface area (Å²) in [6.07, 6.45) is 0.716. The molecular weight excluding hydrogens is 344 g/mol. The standard InChI is InChI=1S/C18H22N2O4.ClH/c1-12-2-4-13(5-3-12)9-20-11-15(8-16(20)21)17(22)19-7-6-14(10-19)18(23)24;/h2-5,14-15H,6-11H2,1H3,(H,23,24);1H. The lowest BCUT2D eigenvalue weighted by Crippen LogP contribution is -2.36. The first-order valence-electron chi connectivity index (χ1n) is 8.29. The predicted octanol–water partition coefficient (Wildman–Crippen LogP) is 1.70. The van der Waals surface area contributed by atoms with Crippen molar-refractivity contribution in [2.75, 3.05) is 19.6 Å². The molecule has 0 aromatic heterocycles. The summed E-state index contributed by atoms with van der Waals surface area (Å²) < 4.78 is 0. The maximum absolute atomic E-state index is 12.6. The summed E-state index contributed by atoms with van der Waals surface area (Å²) in [7, 11) is 0. The van der Waals surface area contributed by atoms with Crippen LogP contribution in [0.5, 0.6) is 0 Å². The van der Waals surface area contributed by atoms with Gasteiger partial charge in [0, 0.05) is 32.6 Å². The van der Waals surface area contributed by atoms with Crippen molar-refractivity contribution in [2.24, 2.45) is 11.8 Å². The van der Waals surface area contributed by atoms with Crippen molar-refractivity contribution in [1.29, 1.82) is 0 Å². The van der Waals surface area contributed by atoms with Crippen LogP contribution in [-0.2, 0) is 20.9 Å². The van der Waals surface area contributed by atoms with Crippen LogP contribution < -0.4 is 0 Å². The highest BCUT2D eigenvalue weighted by molar-refractivity contribution is 5.89. The van der Waals surface area contributed by atoms with Gasteiger partial charge in [0.15, 0.2) is 0 Å². The maximum atomic E-state index is 12.6. The Labute approximate surface area is 153 Å². The summed E-state index contributed by atoms with van der Waals surface area (Å²) in [5.41, 5.74) is 2.22. The smallest absolute Gasteiger partial charge is 0.308 e. The van der Waals surface area contributed by atoms with Crippen LogP contribution in [0, 0.1) is 18.8 Å². The van der Waals surface area contributed by atoms with E-state index in [4.69, 9.17) is 5.11 Å². The Bertz CT molecular complexity index is 662. The number of carbonyl (C=O) groups excluding carboxylic acids is 2. The Morgan fingerprint density at radius 3 is 2.44 bits per heavy atom. The molecule has 1 aromatic rings. The normalized spacial score (nSPS) is 22.8. The van der Waals surface area contributed by atoms with E-state index in [9.17, 15) is 14.4 Å². The molecule has 0 spiro atoms. The van der Waals surface area contributed by atoms with Gasteiger partial charge in [-0.25, -0.2) is 0 Å². The van der Waals surface area contributed by atoms with Crippen LogP contribution in [0.15, 0.2) is 24.3 Å². The fourth-order valence-corrected chi connectivity index (χ4v) is 3.42. The van der Waals surface area contributed by atoms with Crippen molar-refractivity contribution in [3.05, 3.63) is 35.4 Å². The number of carboxylic acids is 1. The third-order valence-electron chi connectivity index (χ3n) is 4.91. The largest absolute Gasteiger partial charge is 0.481 e. The molecule has 2 amide bonds. The van der Waals surface area contributed by atoms with Crippen LogP contribution in [0.4, 0.5) is 0 Å². The number of benzene rings is 1. The van der Waals surface area contributed by atoms with Gasteiger partial charge in [0.1, 0.15) is 0 Å². The van der Waals surface area contributed by atoms with Crippen LogP contribution in [0.1, 0.15) is 24.0 Å². The number of halogens is 1. The van der Waals surface area contributed by atoms with E-state index < -0.39 is 11.9 Å². The van der Waals surface area contributed by atoms with Crippen molar-refractivity contribution in [3.63, 3.8) is 0 Å². The van der Waals surface area contributed by atoms with Crippen LogP contribution in [0.3, 0.4) is 0 Å². The number of likely N-dealkylation sites (tertiary alicyclic amines) is 2. The van der Waals surface area contributed by atoms with Gasteiger partial charge in [-0.15, -0.1) is 12.4 Å². The van der Waals surface area contributed by atoms with Gasteiger partial charge >= 0.3 is 5.97 Å². The first kappa shape index (κ1) is 19.2. The zero-order valence-corrected chi connectivity index (χ0v) is 15.0. The molecule has 2 aliphatic heterocycles. The molecule has 2 heterocycles. The minimum Gasteiger partial charge on any atom is -0.481 e. The zero-order chi connectivity index (χ0) is 17.3. The Morgan fingerprint density at radius 2 is 1.84 bits per heavy atom. The number of aryl methyl sites for hydroxylation is 1. The molecular formula is C18H23ClN2O4. The molecule has 0 radical (unpaired) electrons. The minimum atomic E-state index is -0.853. The van der Waals surface area contributed by atoms with E-state index in [0.29, 0.717) is 26.1 Å². The molecule has 2 unspecified atom stereocenters. The van der Waals surface area contributed by atoms with Gasteiger partial charge in [-0.1, -0.05) is 29.8 Å². The second-order valence-electron chi connectivity index (χ2n) is 6.77. The summed E-state index contributed by atoms with van der Waals surface area (Å²) in [4.78, 5) is 39.1. The lowest BCUT2D eigenvalue weighted by molar-refractivity contribution is -0.141. The Hall–Kier alpha value is -2.08. The maximum Gasteiger partial charge on any atom is 0.308 e. The van der Waals surface area contributed by atoms with E-state index in [0.717, 1.165) is 5.56 Å². The highest BCUT2D eigenvalue weighted by Crippen LogP contribution is 2.25. The quantitative estimate of drug-likeness (QED) is 0.879. The number of rotatable bonds is 4. The molecule has 2 saturated heterocycles. The van der Waals surface area contributed by atoms with Gasteiger partial charge < -0.3 is 14.9 Å². The van der Waals surface area contributed by atoms with Crippen molar-refractivity contribution >= 4 is 30.2 Å². The van der Waals surface area contributed by atoms with E-state index in [1.165, 1.54) is 5.56 Å². The molecule has 25 heavy (non-hydrogen) atoms. The van der Waals surface area contributed by atoms with Crippen molar-refractivity contribution < 1.29 is 19.5 Å². The summed E-state index contributed by atoms with van der Waals surface area (Å²) >= 11 is 0. The third kappa shape index (κ3) is 4.31. The third-order valence-corrected chi connectivity index (χ3v) is 4.91. The second kappa shape index (κ2) is 7.87. The van der Waals surface area contributed by atoms with Crippen molar-refractivity contribution in [3.8, 4) is 0 Å². The first-order valence-corrected chi connectivity index (χ1v) is 8.29. The van der Waals surface area contributed by atoms with E-state index in [-0.39, 0.29) is 43.1 Å². The molecule has 1 aromatic carbocycles. The average Bonchev–Trinajstić information content (AvgIpc) is 3.17. The van der Waals surface area contributed by atoms with Gasteiger partial charge in [0.25, 0.3) is 0 Å². The molecule has 2 atom stereocenters. The van der Waals surface area contributed by atoms with E-state index in [1.54, 1.807) is 9.80 Å². The van der Waals surface area contributed by atoms with Crippen LogP contribution >= 0.6 is 12.4 Å². The topological polar surface area (TPSA) is 77.9 Å². The summed E-state index contributed by atoms with van der Waals surface area (Å²) in [6.45, 7) is 3.68. The number of nitrogens with zero attached hydrogens (tertiary/aromatic N) is 2. The molecule has 0 aliphatic carbocycles. The molecule has 3 rings (SSSR count). The van der Waals surface area contributed by atoms with Gasteiger partial charge in [0.2, 0.25) is 11.8 Å². The van der Waals surface area contributed by atoms with Gasteiger partial charge in [0.05, 0.1) is 11.8 Å². The predicted molar refractivity (Wildman–Crippen MR) is 94.3 cm³/mol. The molecule has 2 aliphatic rings. The molecule has 6 nitrogen and oxygen atoms in total. The molecule has 0 saturated carbocycles. The van der Waals surface area contributed by atoms with Crippen LogP contribution in [0.25, 0.3) is 0 Å². The Morgan fingerprint density at radius 1 is 1.16 bits per heavy atom. The van der Waals surface area contributed by atoms with Gasteiger partial charge in [-0.2, -0.15) is 0 Å².